The lowest BCUT2D eigenvalue weighted by atomic mass is 9.99. The van der Waals surface area contributed by atoms with E-state index in [0.29, 0.717) is 6.54 Å². The second-order valence-corrected chi connectivity index (χ2v) is 4.69. The Morgan fingerprint density at radius 3 is 2.50 bits per heavy atom. The van der Waals surface area contributed by atoms with Gasteiger partial charge in [-0.3, -0.25) is 9.78 Å². The average molecular weight is 270 g/mol. The van der Waals surface area contributed by atoms with E-state index in [1.54, 1.807) is 6.20 Å². The quantitative estimate of drug-likeness (QED) is 0.847. The van der Waals surface area contributed by atoms with Gasteiger partial charge in [0.1, 0.15) is 0 Å². The highest BCUT2D eigenvalue weighted by atomic mass is 16.4. The van der Waals surface area contributed by atoms with E-state index in [1.165, 1.54) is 0 Å². The first kappa shape index (κ1) is 14.2. The van der Waals surface area contributed by atoms with Crippen LogP contribution in [-0.4, -0.2) is 22.6 Å². The van der Waals surface area contributed by atoms with Crippen molar-refractivity contribution >= 4 is 5.97 Å². The fourth-order valence-electron chi connectivity index (χ4n) is 2.06. The predicted octanol–water partition coefficient (Wildman–Crippen LogP) is 2.60. The Balaban J connectivity index is 2.02. The van der Waals surface area contributed by atoms with Crippen LogP contribution in [0, 0.1) is 0 Å². The second-order valence-electron chi connectivity index (χ2n) is 4.69. The van der Waals surface area contributed by atoms with Crippen molar-refractivity contribution in [2.24, 2.45) is 0 Å². The predicted molar refractivity (Wildman–Crippen MR) is 77.5 cm³/mol. The Morgan fingerprint density at radius 2 is 1.90 bits per heavy atom. The molecule has 2 atom stereocenters. The summed E-state index contributed by atoms with van der Waals surface area (Å²) < 4.78 is 0. The van der Waals surface area contributed by atoms with Gasteiger partial charge in [0.25, 0.3) is 0 Å². The fraction of sp³-hybridized carbons (Fsp3) is 0.250. The number of carbonyl (C=O) groups is 1. The Kier molecular flexibility index (Phi) is 4.85. The van der Waals surface area contributed by atoms with Crippen molar-refractivity contribution in [1.29, 1.82) is 0 Å². The van der Waals surface area contributed by atoms with Crippen LogP contribution in [0.25, 0.3) is 0 Å². The molecule has 0 aliphatic rings. The van der Waals surface area contributed by atoms with Gasteiger partial charge in [0.05, 0.1) is 11.6 Å². The van der Waals surface area contributed by atoms with Crippen molar-refractivity contribution in [2.45, 2.75) is 18.9 Å². The number of nitrogens with one attached hydrogen (secondary N) is 1. The van der Waals surface area contributed by atoms with Crippen LogP contribution in [0.4, 0.5) is 0 Å². The summed E-state index contributed by atoms with van der Waals surface area (Å²) >= 11 is 0. The molecule has 0 bridgehead atoms. The van der Waals surface area contributed by atoms with E-state index in [4.69, 9.17) is 0 Å². The van der Waals surface area contributed by atoms with Gasteiger partial charge >= 0.3 is 5.97 Å². The summed E-state index contributed by atoms with van der Waals surface area (Å²) in [6, 6.07) is 15.0. The van der Waals surface area contributed by atoms with Gasteiger partial charge in [-0.05, 0) is 24.6 Å². The van der Waals surface area contributed by atoms with Gasteiger partial charge in [0, 0.05) is 18.8 Å². The maximum absolute atomic E-state index is 11.4. The Hall–Kier alpha value is -2.20. The number of carboxylic acid groups (broad SMARTS) is 1. The summed E-state index contributed by atoms with van der Waals surface area (Å²) in [7, 11) is 0. The summed E-state index contributed by atoms with van der Waals surface area (Å²) in [6.45, 7) is 2.35. The first-order valence-corrected chi connectivity index (χ1v) is 6.60. The number of pyridine rings is 1. The summed E-state index contributed by atoms with van der Waals surface area (Å²) in [5, 5.41) is 12.6. The molecule has 1 aromatic carbocycles. The smallest absolute Gasteiger partial charge is 0.312 e. The van der Waals surface area contributed by atoms with E-state index in [2.05, 4.69) is 10.3 Å². The molecule has 20 heavy (non-hydrogen) atoms. The number of hydrogen-bond acceptors (Lipinski definition) is 3. The number of hydrogen-bond donors (Lipinski definition) is 2. The summed E-state index contributed by atoms with van der Waals surface area (Å²) in [5.41, 5.74) is 1.71. The maximum Gasteiger partial charge on any atom is 0.312 e. The Labute approximate surface area is 118 Å². The zero-order valence-corrected chi connectivity index (χ0v) is 11.4. The summed E-state index contributed by atoms with van der Waals surface area (Å²) in [6.07, 6.45) is 1.74. The number of nitrogens with zero attached hydrogens (tertiary/aromatic N) is 1. The molecule has 0 radical (unpaired) electrons. The molecule has 1 aromatic heterocycles. The number of rotatable bonds is 6. The summed E-state index contributed by atoms with van der Waals surface area (Å²) in [4.78, 5) is 15.7. The fourth-order valence-corrected chi connectivity index (χ4v) is 2.06. The third-order valence-corrected chi connectivity index (χ3v) is 3.26. The average Bonchev–Trinajstić information content (AvgIpc) is 2.49. The molecule has 0 aliphatic heterocycles. The number of aromatic nitrogens is 1. The monoisotopic (exact) mass is 270 g/mol. The molecule has 0 amide bonds. The highest BCUT2D eigenvalue weighted by Crippen LogP contribution is 2.17. The van der Waals surface area contributed by atoms with E-state index in [-0.39, 0.29) is 6.04 Å². The normalized spacial score (nSPS) is 13.7. The molecule has 0 fully saturated rings. The van der Waals surface area contributed by atoms with Crippen molar-refractivity contribution < 1.29 is 9.90 Å². The molecule has 2 aromatic rings. The van der Waals surface area contributed by atoms with Gasteiger partial charge in [-0.2, -0.15) is 0 Å². The molecule has 1 unspecified atom stereocenters. The number of carboxylic acids is 1. The van der Waals surface area contributed by atoms with Gasteiger partial charge in [0.15, 0.2) is 0 Å². The largest absolute Gasteiger partial charge is 0.481 e. The topological polar surface area (TPSA) is 62.2 Å². The van der Waals surface area contributed by atoms with Gasteiger partial charge in [-0.1, -0.05) is 36.4 Å². The SMILES string of the molecule is C[C@@H](NCC(C(=O)O)c1ccccc1)c1ccccn1. The molecule has 0 saturated carbocycles. The van der Waals surface area contributed by atoms with Crippen LogP contribution in [-0.2, 0) is 4.79 Å². The summed E-state index contributed by atoms with van der Waals surface area (Å²) in [5.74, 6) is -1.38. The zero-order valence-electron chi connectivity index (χ0n) is 11.4. The van der Waals surface area contributed by atoms with E-state index >= 15 is 0 Å². The Morgan fingerprint density at radius 1 is 1.20 bits per heavy atom. The van der Waals surface area contributed by atoms with Crippen molar-refractivity contribution in [3.63, 3.8) is 0 Å². The molecule has 2 rings (SSSR count). The number of benzene rings is 1. The van der Waals surface area contributed by atoms with Crippen molar-refractivity contribution in [2.75, 3.05) is 6.54 Å². The first-order valence-electron chi connectivity index (χ1n) is 6.60. The maximum atomic E-state index is 11.4. The Bertz CT molecular complexity index is 543. The van der Waals surface area contributed by atoms with E-state index < -0.39 is 11.9 Å². The van der Waals surface area contributed by atoms with Crippen LogP contribution in [0.5, 0.6) is 0 Å². The van der Waals surface area contributed by atoms with Gasteiger partial charge in [0.2, 0.25) is 0 Å². The molecule has 2 N–H and O–H groups in total. The molecule has 1 heterocycles. The third-order valence-electron chi connectivity index (χ3n) is 3.26. The van der Waals surface area contributed by atoms with E-state index in [1.807, 2.05) is 55.5 Å². The van der Waals surface area contributed by atoms with Gasteiger partial charge < -0.3 is 10.4 Å². The molecule has 4 nitrogen and oxygen atoms in total. The second kappa shape index (κ2) is 6.82. The van der Waals surface area contributed by atoms with Crippen molar-refractivity contribution in [1.82, 2.24) is 10.3 Å². The highest BCUT2D eigenvalue weighted by molar-refractivity contribution is 5.76. The minimum absolute atomic E-state index is 0.0155. The van der Waals surface area contributed by atoms with Crippen LogP contribution in [0.2, 0.25) is 0 Å². The number of aliphatic carboxylic acids is 1. The van der Waals surface area contributed by atoms with Crippen molar-refractivity contribution in [3.8, 4) is 0 Å². The molecule has 0 saturated heterocycles. The van der Waals surface area contributed by atoms with E-state index in [0.717, 1.165) is 11.3 Å². The molecular formula is C16H18N2O2. The lowest BCUT2D eigenvalue weighted by molar-refractivity contribution is -0.138. The molecular weight excluding hydrogens is 252 g/mol. The van der Waals surface area contributed by atoms with E-state index in [9.17, 15) is 9.90 Å². The lowest BCUT2D eigenvalue weighted by Gasteiger charge is -2.18. The zero-order chi connectivity index (χ0) is 14.4. The standard InChI is InChI=1S/C16H18N2O2/c1-12(15-9-5-6-10-17-15)18-11-14(16(19)20)13-7-3-2-4-8-13/h2-10,12,14,18H,11H2,1H3,(H,19,20)/t12-,14?/m1/s1. The lowest BCUT2D eigenvalue weighted by Crippen LogP contribution is -2.29. The van der Waals surface area contributed by atoms with Crippen LogP contribution < -0.4 is 5.32 Å². The molecule has 0 aliphatic carbocycles. The molecule has 4 heteroatoms. The van der Waals surface area contributed by atoms with Crippen LogP contribution >= 0.6 is 0 Å². The minimum atomic E-state index is -0.822. The van der Waals surface area contributed by atoms with Crippen LogP contribution in [0.15, 0.2) is 54.7 Å². The van der Waals surface area contributed by atoms with Gasteiger partial charge in [-0.25, -0.2) is 0 Å². The van der Waals surface area contributed by atoms with Crippen molar-refractivity contribution in [3.05, 3.63) is 66.0 Å². The third kappa shape index (κ3) is 3.65. The van der Waals surface area contributed by atoms with Crippen LogP contribution in [0.1, 0.15) is 30.1 Å². The highest BCUT2D eigenvalue weighted by Gasteiger charge is 2.20. The molecule has 0 spiro atoms. The van der Waals surface area contributed by atoms with Gasteiger partial charge in [-0.15, -0.1) is 0 Å². The molecule has 104 valence electrons. The minimum Gasteiger partial charge on any atom is -0.481 e. The first-order chi connectivity index (χ1) is 9.68. The van der Waals surface area contributed by atoms with Crippen LogP contribution in [0.3, 0.4) is 0 Å².